The normalized spacial score (nSPS) is 24.3. The monoisotopic (exact) mass is 355 g/mol. The highest BCUT2D eigenvalue weighted by Gasteiger charge is 2.24. The van der Waals surface area contributed by atoms with E-state index in [0.29, 0.717) is 5.92 Å². The van der Waals surface area contributed by atoms with E-state index in [-0.39, 0.29) is 30.1 Å². The van der Waals surface area contributed by atoms with Crippen LogP contribution >= 0.6 is 24.0 Å². The molecule has 2 unspecified atom stereocenters. The Kier molecular flexibility index (Phi) is 9.91. The fraction of sp³-hybridized carbons (Fsp3) is 0.917. The number of aliphatic hydroxyl groups is 1. The lowest BCUT2D eigenvalue weighted by atomic mass is 10.1. The molecule has 4 nitrogen and oxygen atoms in total. The van der Waals surface area contributed by atoms with Crippen molar-refractivity contribution in [2.75, 3.05) is 19.6 Å². The van der Waals surface area contributed by atoms with Gasteiger partial charge in [0.05, 0.1) is 6.10 Å². The molecule has 0 aliphatic heterocycles. The first-order chi connectivity index (χ1) is 7.77. The molecule has 17 heavy (non-hydrogen) atoms. The van der Waals surface area contributed by atoms with Gasteiger partial charge in [-0.25, -0.2) is 0 Å². The van der Waals surface area contributed by atoms with Gasteiger partial charge in [-0.3, -0.25) is 4.99 Å². The minimum atomic E-state index is -0.141. The zero-order valence-electron chi connectivity index (χ0n) is 10.9. The largest absolute Gasteiger partial charge is 0.393 e. The molecule has 0 radical (unpaired) electrons. The molecule has 1 aliphatic carbocycles. The van der Waals surface area contributed by atoms with Crippen molar-refractivity contribution in [1.82, 2.24) is 10.6 Å². The number of aliphatic hydroxyl groups excluding tert-OH is 1. The average Bonchev–Trinajstić information content (AvgIpc) is 2.68. The molecule has 1 rings (SSSR count). The number of hydrogen-bond donors (Lipinski definition) is 3. The maximum atomic E-state index is 9.70. The lowest BCUT2D eigenvalue weighted by Crippen LogP contribution is -2.38. The summed E-state index contributed by atoms with van der Waals surface area (Å²) in [5, 5.41) is 16.2. The quantitative estimate of drug-likeness (QED) is 0.400. The summed E-state index contributed by atoms with van der Waals surface area (Å²) in [7, 11) is 0. The predicted octanol–water partition coefficient (Wildman–Crippen LogP) is 1.73. The number of aliphatic imine (C=N–C) groups is 1. The SMILES string of the molecule is CCCNC(=NCC1CCCC1O)NCC.I. The van der Waals surface area contributed by atoms with Crippen LogP contribution in [0.3, 0.4) is 0 Å². The Morgan fingerprint density at radius 3 is 2.59 bits per heavy atom. The van der Waals surface area contributed by atoms with Crippen molar-refractivity contribution in [2.24, 2.45) is 10.9 Å². The molecule has 0 heterocycles. The minimum Gasteiger partial charge on any atom is -0.393 e. The fourth-order valence-electron chi connectivity index (χ4n) is 2.02. The van der Waals surface area contributed by atoms with Gasteiger partial charge in [0.2, 0.25) is 0 Å². The van der Waals surface area contributed by atoms with Gasteiger partial charge in [0.1, 0.15) is 0 Å². The highest BCUT2D eigenvalue weighted by molar-refractivity contribution is 14.0. The molecule has 2 atom stereocenters. The van der Waals surface area contributed by atoms with Gasteiger partial charge in [0, 0.05) is 25.6 Å². The third-order valence-corrected chi connectivity index (χ3v) is 2.99. The van der Waals surface area contributed by atoms with Gasteiger partial charge >= 0.3 is 0 Å². The summed E-state index contributed by atoms with van der Waals surface area (Å²) in [5.41, 5.74) is 0. The Balaban J connectivity index is 0.00000256. The molecule has 0 spiro atoms. The topological polar surface area (TPSA) is 56.7 Å². The molecule has 0 aromatic carbocycles. The lowest BCUT2D eigenvalue weighted by Gasteiger charge is -2.14. The van der Waals surface area contributed by atoms with Crippen LogP contribution in [0.5, 0.6) is 0 Å². The van der Waals surface area contributed by atoms with Crippen LogP contribution in [-0.2, 0) is 0 Å². The van der Waals surface area contributed by atoms with Gasteiger partial charge in [-0.2, -0.15) is 0 Å². The van der Waals surface area contributed by atoms with Crippen LogP contribution in [0.15, 0.2) is 4.99 Å². The summed E-state index contributed by atoms with van der Waals surface area (Å²) >= 11 is 0. The molecular formula is C12H26IN3O. The molecule has 1 saturated carbocycles. The Labute approximate surface area is 122 Å². The van der Waals surface area contributed by atoms with Crippen molar-refractivity contribution in [3.8, 4) is 0 Å². The molecule has 5 heteroatoms. The first-order valence-corrected chi connectivity index (χ1v) is 6.48. The summed E-state index contributed by atoms with van der Waals surface area (Å²) in [4.78, 5) is 4.52. The Morgan fingerprint density at radius 1 is 1.29 bits per heavy atom. The summed E-state index contributed by atoms with van der Waals surface area (Å²) in [6.45, 7) is 6.76. The maximum Gasteiger partial charge on any atom is 0.191 e. The van der Waals surface area contributed by atoms with Crippen LogP contribution in [0, 0.1) is 5.92 Å². The van der Waals surface area contributed by atoms with Gasteiger partial charge in [-0.05, 0) is 26.2 Å². The summed E-state index contributed by atoms with van der Waals surface area (Å²) in [6.07, 6.45) is 4.14. The van der Waals surface area contributed by atoms with Crippen molar-refractivity contribution in [3.05, 3.63) is 0 Å². The second-order valence-corrected chi connectivity index (χ2v) is 4.40. The van der Waals surface area contributed by atoms with E-state index in [2.05, 4.69) is 29.5 Å². The first-order valence-electron chi connectivity index (χ1n) is 6.48. The van der Waals surface area contributed by atoms with Crippen LogP contribution in [0.25, 0.3) is 0 Å². The van der Waals surface area contributed by atoms with Gasteiger partial charge in [-0.15, -0.1) is 24.0 Å². The van der Waals surface area contributed by atoms with E-state index in [1.807, 2.05) is 0 Å². The van der Waals surface area contributed by atoms with E-state index < -0.39 is 0 Å². The second kappa shape index (κ2) is 9.94. The summed E-state index contributed by atoms with van der Waals surface area (Å²) in [6, 6.07) is 0. The molecule has 0 aromatic heterocycles. The van der Waals surface area contributed by atoms with E-state index in [4.69, 9.17) is 0 Å². The number of hydrogen-bond acceptors (Lipinski definition) is 2. The fourth-order valence-corrected chi connectivity index (χ4v) is 2.02. The van der Waals surface area contributed by atoms with Crippen LogP contribution < -0.4 is 10.6 Å². The highest BCUT2D eigenvalue weighted by atomic mass is 127. The molecule has 0 saturated heterocycles. The van der Waals surface area contributed by atoms with Gasteiger partial charge in [0.25, 0.3) is 0 Å². The third-order valence-electron chi connectivity index (χ3n) is 2.99. The van der Waals surface area contributed by atoms with Crippen LogP contribution in [-0.4, -0.2) is 36.8 Å². The van der Waals surface area contributed by atoms with Crippen LogP contribution in [0.1, 0.15) is 39.5 Å². The number of nitrogens with zero attached hydrogens (tertiary/aromatic N) is 1. The molecular weight excluding hydrogens is 329 g/mol. The van der Waals surface area contributed by atoms with Gasteiger partial charge in [-0.1, -0.05) is 13.3 Å². The Bertz CT molecular complexity index is 224. The maximum absolute atomic E-state index is 9.70. The number of rotatable bonds is 5. The van der Waals surface area contributed by atoms with E-state index in [1.165, 1.54) is 0 Å². The lowest BCUT2D eigenvalue weighted by molar-refractivity contribution is 0.136. The van der Waals surface area contributed by atoms with Crippen molar-refractivity contribution in [1.29, 1.82) is 0 Å². The van der Waals surface area contributed by atoms with Crippen LogP contribution in [0.2, 0.25) is 0 Å². The molecule has 0 bridgehead atoms. The van der Waals surface area contributed by atoms with Crippen molar-refractivity contribution < 1.29 is 5.11 Å². The second-order valence-electron chi connectivity index (χ2n) is 4.40. The van der Waals surface area contributed by atoms with E-state index in [9.17, 15) is 5.11 Å². The van der Waals surface area contributed by atoms with Crippen LogP contribution in [0.4, 0.5) is 0 Å². The summed E-state index contributed by atoms with van der Waals surface area (Å²) in [5.74, 6) is 1.24. The number of guanidine groups is 1. The zero-order valence-corrected chi connectivity index (χ0v) is 13.2. The third kappa shape index (κ3) is 6.45. The molecule has 1 aliphatic rings. The first kappa shape index (κ1) is 17.0. The Hall–Kier alpha value is -0.0400. The Morgan fingerprint density at radius 2 is 2.06 bits per heavy atom. The smallest absolute Gasteiger partial charge is 0.191 e. The summed E-state index contributed by atoms with van der Waals surface area (Å²) < 4.78 is 0. The van der Waals surface area contributed by atoms with E-state index in [1.54, 1.807) is 0 Å². The average molecular weight is 355 g/mol. The van der Waals surface area contributed by atoms with Crippen molar-refractivity contribution in [2.45, 2.75) is 45.6 Å². The molecule has 1 fully saturated rings. The molecule has 0 amide bonds. The van der Waals surface area contributed by atoms with E-state index >= 15 is 0 Å². The van der Waals surface area contributed by atoms with Gasteiger partial charge < -0.3 is 15.7 Å². The molecule has 102 valence electrons. The highest BCUT2D eigenvalue weighted by Crippen LogP contribution is 2.25. The minimum absolute atomic E-state index is 0. The predicted molar refractivity (Wildman–Crippen MR) is 83.0 cm³/mol. The standard InChI is InChI=1S/C12H25N3O.HI/c1-3-8-14-12(13-4-2)15-9-10-6-5-7-11(10)16;/h10-11,16H,3-9H2,1-2H3,(H2,13,14,15);1H. The van der Waals surface area contributed by atoms with E-state index in [0.717, 1.165) is 51.3 Å². The zero-order chi connectivity index (χ0) is 11.8. The number of nitrogens with one attached hydrogen (secondary N) is 2. The van der Waals surface area contributed by atoms with Crippen molar-refractivity contribution in [3.63, 3.8) is 0 Å². The molecule has 0 aromatic rings. The molecule has 3 N–H and O–H groups in total. The van der Waals surface area contributed by atoms with Crippen molar-refractivity contribution >= 4 is 29.9 Å². The number of halogens is 1. The van der Waals surface area contributed by atoms with Gasteiger partial charge in [0.15, 0.2) is 5.96 Å².